The minimum absolute atomic E-state index is 0.144. The number of rotatable bonds is 6. The zero-order valence-corrected chi connectivity index (χ0v) is 16.2. The molecule has 10 heteroatoms. The van der Waals surface area contributed by atoms with Crippen molar-refractivity contribution in [1.82, 2.24) is 4.98 Å². The van der Waals surface area contributed by atoms with Crippen LogP contribution < -0.4 is 10.0 Å². The number of carbonyl (C=O) groups excluding carboxylic acids is 1. The van der Waals surface area contributed by atoms with Gasteiger partial charge in [0.1, 0.15) is 0 Å². The summed E-state index contributed by atoms with van der Waals surface area (Å²) in [4.78, 5) is 17.3. The van der Waals surface area contributed by atoms with Gasteiger partial charge >= 0.3 is 0 Å². The predicted octanol–water partition coefficient (Wildman–Crippen LogP) is 3.64. The van der Waals surface area contributed by atoms with Crippen molar-refractivity contribution < 1.29 is 22.0 Å². The Balaban J connectivity index is 1.73. The highest BCUT2D eigenvalue weighted by Crippen LogP contribution is 2.24. The number of hydrogen-bond donors (Lipinski definition) is 2. The van der Waals surface area contributed by atoms with Gasteiger partial charge in [-0.25, -0.2) is 22.2 Å². The van der Waals surface area contributed by atoms with E-state index >= 15 is 0 Å². The number of para-hydroxylation sites is 1. The topological polar surface area (TPSA) is 88.2 Å². The predicted molar refractivity (Wildman–Crippen MR) is 104 cm³/mol. The summed E-state index contributed by atoms with van der Waals surface area (Å²) in [6, 6.07) is 9.82. The molecule has 0 saturated carbocycles. The van der Waals surface area contributed by atoms with Crippen LogP contribution in [0.15, 0.2) is 48.7 Å². The van der Waals surface area contributed by atoms with Gasteiger partial charge in [-0.3, -0.25) is 14.8 Å². The summed E-state index contributed by atoms with van der Waals surface area (Å²) in [5, 5.41) is 2.91. The van der Waals surface area contributed by atoms with Crippen LogP contribution in [0.4, 0.5) is 19.6 Å². The number of benzene rings is 2. The lowest BCUT2D eigenvalue weighted by Gasteiger charge is -2.09. The number of hydrogen-bond acceptors (Lipinski definition) is 5. The van der Waals surface area contributed by atoms with Crippen molar-refractivity contribution in [3.05, 3.63) is 76.3 Å². The van der Waals surface area contributed by atoms with Gasteiger partial charge in [0.15, 0.2) is 16.8 Å². The van der Waals surface area contributed by atoms with Crippen LogP contribution in [-0.2, 0) is 16.4 Å². The van der Waals surface area contributed by atoms with Gasteiger partial charge in [0, 0.05) is 17.5 Å². The van der Waals surface area contributed by atoms with E-state index in [-0.39, 0.29) is 11.3 Å². The molecule has 0 spiro atoms. The first-order chi connectivity index (χ1) is 13.2. The van der Waals surface area contributed by atoms with Crippen molar-refractivity contribution in [2.45, 2.75) is 6.42 Å². The Kier molecular flexibility index (Phi) is 5.71. The molecular formula is C18H15F2N3O3S2. The Hall–Kier alpha value is -2.85. The molecule has 3 rings (SSSR count). The molecule has 6 nitrogen and oxygen atoms in total. The largest absolute Gasteiger partial charge is 0.298 e. The van der Waals surface area contributed by atoms with E-state index < -0.39 is 27.6 Å². The summed E-state index contributed by atoms with van der Waals surface area (Å²) in [6.07, 6.45) is 2.85. The Bertz CT molecular complexity index is 1130. The number of thiazole rings is 1. The molecule has 0 saturated heterocycles. The Morgan fingerprint density at radius 3 is 2.61 bits per heavy atom. The molecule has 1 aromatic heterocycles. The lowest BCUT2D eigenvalue weighted by Crippen LogP contribution is -2.17. The molecule has 0 unspecified atom stereocenters. The smallest absolute Gasteiger partial charge is 0.259 e. The number of halogens is 2. The maximum Gasteiger partial charge on any atom is 0.259 e. The van der Waals surface area contributed by atoms with Crippen molar-refractivity contribution in [2.24, 2.45) is 0 Å². The first-order valence-electron chi connectivity index (χ1n) is 7.98. The summed E-state index contributed by atoms with van der Waals surface area (Å²) in [6.45, 7) is 0. The van der Waals surface area contributed by atoms with Crippen molar-refractivity contribution in [3.63, 3.8) is 0 Å². The zero-order valence-electron chi connectivity index (χ0n) is 14.6. The number of sulfonamides is 1. The van der Waals surface area contributed by atoms with Gasteiger partial charge in [-0.05, 0) is 29.8 Å². The number of carbonyl (C=O) groups is 1. The van der Waals surface area contributed by atoms with E-state index in [1.165, 1.54) is 35.7 Å². The van der Waals surface area contributed by atoms with Gasteiger partial charge in [0.05, 0.1) is 17.5 Å². The quantitative estimate of drug-likeness (QED) is 0.634. The SMILES string of the molecule is CS(=O)(=O)Nc1ccccc1C(=O)Nc1ncc(Cc2ccc(F)c(F)c2)s1. The second-order valence-electron chi connectivity index (χ2n) is 5.93. The Labute approximate surface area is 164 Å². The summed E-state index contributed by atoms with van der Waals surface area (Å²) in [7, 11) is -3.54. The first kappa shape index (κ1) is 19.9. The summed E-state index contributed by atoms with van der Waals surface area (Å²) < 4.78 is 51.5. The maximum absolute atomic E-state index is 13.3. The second kappa shape index (κ2) is 8.03. The monoisotopic (exact) mass is 423 g/mol. The normalized spacial score (nSPS) is 11.2. The molecule has 146 valence electrons. The van der Waals surface area contributed by atoms with Crippen LogP contribution in [-0.4, -0.2) is 25.6 Å². The molecule has 2 aromatic carbocycles. The number of nitrogens with one attached hydrogen (secondary N) is 2. The summed E-state index contributed by atoms with van der Waals surface area (Å²) >= 11 is 1.18. The average molecular weight is 423 g/mol. The van der Waals surface area contributed by atoms with Gasteiger partial charge in [-0.1, -0.05) is 18.2 Å². The molecule has 0 fully saturated rings. The molecule has 1 amide bonds. The third kappa shape index (κ3) is 5.11. The lowest BCUT2D eigenvalue weighted by atomic mass is 10.1. The highest BCUT2D eigenvalue weighted by molar-refractivity contribution is 7.92. The van der Waals surface area contributed by atoms with Crippen molar-refractivity contribution in [2.75, 3.05) is 16.3 Å². The number of anilines is 2. The fourth-order valence-corrected chi connectivity index (χ4v) is 3.85. The molecule has 3 aromatic rings. The lowest BCUT2D eigenvalue weighted by molar-refractivity contribution is 0.102. The van der Waals surface area contributed by atoms with E-state index in [1.807, 2.05) is 0 Å². The van der Waals surface area contributed by atoms with Gasteiger partial charge in [-0.15, -0.1) is 11.3 Å². The van der Waals surface area contributed by atoms with Crippen molar-refractivity contribution >= 4 is 38.1 Å². The molecule has 0 aliphatic heterocycles. The fourth-order valence-electron chi connectivity index (χ4n) is 2.43. The molecule has 1 heterocycles. The van der Waals surface area contributed by atoms with E-state index in [0.29, 0.717) is 17.1 Å². The van der Waals surface area contributed by atoms with Crippen LogP contribution >= 0.6 is 11.3 Å². The van der Waals surface area contributed by atoms with Crippen molar-refractivity contribution in [1.29, 1.82) is 0 Å². The molecule has 28 heavy (non-hydrogen) atoms. The van der Waals surface area contributed by atoms with Crippen LogP contribution in [0.25, 0.3) is 0 Å². The fraction of sp³-hybridized carbons (Fsp3) is 0.111. The third-order valence-corrected chi connectivity index (χ3v) is 5.11. The Morgan fingerprint density at radius 1 is 1.14 bits per heavy atom. The molecule has 0 aliphatic carbocycles. The van der Waals surface area contributed by atoms with Crippen LogP contribution in [0, 0.1) is 11.6 Å². The second-order valence-corrected chi connectivity index (χ2v) is 8.79. The van der Waals surface area contributed by atoms with Crippen LogP contribution in [0.1, 0.15) is 20.8 Å². The van der Waals surface area contributed by atoms with Crippen molar-refractivity contribution in [3.8, 4) is 0 Å². The van der Waals surface area contributed by atoms with Crippen LogP contribution in [0.5, 0.6) is 0 Å². The van der Waals surface area contributed by atoms with E-state index in [0.717, 1.165) is 23.3 Å². The number of aromatic nitrogens is 1. The van der Waals surface area contributed by atoms with Crippen LogP contribution in [0.2, 0.25) is 0 Å². The minimum Gasteiger partial charge on any atom is -0.298 e. The molecule has 0 bridgehead atoms. The summed E-state index contributed by atoms with van der Waals surface area (Å²) in [5.41, 5.74) is 0.870. The highest BCUT2D eigenvalue weighted by Gasteiger charge is 2.15. The first-order valence-corrected chi connectivity index (χ1v) is 10.7. The van der Waals surface area contributed by atoms with Gasteiger partial charge in [0.2, 0.25) is 10.0 Å². The van der Waals surface area contributed by atoms with Gasteiger partial charge < -0.3 is 0 Å². The minimum atomic E-state index is -3.54. The zero-order chi connectivity index (χ0) is 20.3. The standard InChI is InChI=1S/C18H15F2N3O3S2/c1-28(25,26)23-16-5-3-2-4-13(16)17(24)22-18-21-10-12(27-18)8-11-6-7-14(19)15(20)9-11/h2-7,9-10,23H,8H2,1H3,(H,21,22,24). The third-order valence-electron chi connectivity index (χ3n) is 3.60. The van der Waals surface area contributed by atoms with Crippen LogP contribution in [0.3, 0.4) is 0 Å². The molecular weight excluding hydrogens is 408 g/mol. The average Bonchev–Trinajstić information content (AvgIpc) is 3.04. The Morgan fingerprint density at radius 2 is 1.89 bits per heavy atom. The highest BCUT2D eigenvalue weighted by atomic mass is 32.2. The van der Waals surface area contributed by atoms with Gasteiger partial charge in [-0.2, -0.15) is 0 Å². The summed E-state index contributed by atoms with van der Waals surface area (Å²) in [5.74, 6) is -2.37. The van der Waals surface area contributed by atoms with E-state index in [1.54, 1.807) is 12.1 Å². The van der Waals surface area contributed by atoms with E-state index in [9.17, 15) is 22.0 Å². The molecule has 0 aliphatic rings. The van der Waals surface area contributed by atoms with E-state index in [2.05, 4.69) is 15.0 Å². The number of amides is 1. The molecule has 0 atom stereocenters. The molecule has 0 radical (unpaired) electrons. The number of nitrogens with zero attached hydrogens (tertiary/aromatic N) is 1. The van der Waals surface area contributed by atoms with Gasteiger partial charge in [0.25, 0.3) is 5.91 Å². The maximum atomic E-state index is 13.3. The molecule has 2 N–H and O–H groups in total. The van der Waals surface area contributed by atoms with E-state index in [4.69, 9.17) is 0 Å².